The molecular weight excluding hydrogens is 220 g/mol. The van der Waals surface area contributed by atoms with Crippen LogP contribution in [0, 0.1) is 10.1 Å². The fraction of sp³-hybridized carbons (Fsp3) is 0. The van der Waals surface area contributed by atoms with E-state index >= 15 is 0 Å². The molecule has 11 nitrogen and oxygen atoms in total. The van der Waals surface area contributed by atoms with Gasteiger partial charge in [0.1, 0.15) is 0 Å². The summed E-state index contributed by atoms with van der Waals surface area (Å²) in [6.07, 6.45) is 0. The maximum absolute atomic E-state index is 10.5. The fourth-order valence-corrected chi connectivity index (χ4v) is 0.960. The van der Waals surface area contributed by atoms with Gasteiger partial charge in [-0.1, -0.05) is 0 Å². The van der Waals surface area contributed by atoms with Crippen LogP contribution in [0.5, 0.6) is 0 Å². The highest BCUT2D eigenvalue weighted by Crippen LogP contribution is 2.22. The first-order valence-corrected chi connectivity index (χ1v) is 3.82. The number of hydrogen-bond donors (Lipinski definition) is 2. The maximum Gasteiger partial charge on any atom is 0.445 e. The Labute approximate surface area is 86.6 Å². The van der Waals surface area contributed by atoms with E-state index in [2.05, 4.69) is 29.9 Å². The standard InChI is InChI=1S/C5H4N8O3/c6-4-8-2(9-5(7)10-4)1-3(13(14)15)12-16-11-1/h(H4,6,7,8,9,10). The van der Waals surface area contributed by atoms with Crippen molar-refractivity contribution in [3.05, 3.63) is 10.1 Å². The van der Waals surface area contributed by atoms with Crippen molar-refractivity contribution < 1.29 is 9.55 Å². The van der Waals surface area contributed by atoms with Crippen molar-refractivity contribution in [3.8, 4) is 11.5 Å². The Kier molecular flexibility index (Phi) is 2.05. The largest absolute Gasteiger partial charge is 0.445 e. The van der Waals surface area contributed by atoms with E-state index in [0.29, 0.717) is 0 Å². The molecule has 2 rings (SSSR count). The molecule has 16 heavy (non-hydrogen) atoms. The molecule has 11 heteroatoms. The number of aromatic nitrogens is 5. The summed E-state index contributed by atoms with van der Waals surface area (Å²) in [5, 5.41) is 16.9. The highest BCUT2D eigenvalue weighted by atomic mass is 16.6. The summed E-state index contributed by atoms with van der Waals surface area (Å²) < 4.78 is 4.22. The van der Waals surface area contributed by atoms with Crippen LogP contribution in [0.25, 0.3) is 11.5 Å². The van der Waals surface area contributed by atoms with Gasteiger partial charge in [0, 0.05) is 0 Å². The first-order chi connectivity index (χ1) is 7.58. The zero-order valence-corrected chi connectivity index (χ0v) is 7.56. The Morgan fingerprint density at radius 1 is 1.12 bits per heavy atom. The van der Waals surface area contributed by atoms with Crippen molar-refractivity contribution in [3.63, 3.8) is 0 Å². The van der Waals surface area contributed by atoms with Gasteiger partial charge in [-0.15, -0.1) is 4.63 Å². The smallest absolute Gasteiger partial charge is 0.368 e. The fourth-order valence-electron chi connectivity index (χ4n) is 0.960. The monoisotopic (exact) mass is 224 g/mol. The lowest BCUT2D eigenvalue weighted by Gasteiger charge is -1.97. The van der Waals surface area contributed by atoms with Crippen LogP contribution in [-0.2, 0) is 0 Å². The van der Waals surface area contributed by atoms with Crippen LogP contribution in [0.1, 0.15) is 0 Å². The second-order valence-electron chi connectivity index (χ2n) is 2.57. The quantitative estimate of drug-likeness (QED) is 0.475. The molecule has 0 saturated heterocycles. The molecule has 2 aromatic rings. The highest BCUT2D eigenvalue weighted by molar-refractivity contribution is 5.60. The second-order valence-corrected chi connectivity index (χ2v) is 2.57. The third kappa shape index (κ3) is 1.56. The summed E-state index contributed by atoms with van der Waals surface area (Å²) in [7, 11) is 0. The Hall–Kier alpha value is -2.85. The molecule has 82 valence electrons. The summed E-state index contributed by atoms with van der Waals surface area (Å²) in [4.78, 5) is 20.5. The van der Waals surface area contributed by atoms with E-state index in [1.807, 2.05) is 0 Å². The van der Waals surface area contributed by atoms with E-state index in [1.54, 1.807) is 0 Å². The number of nitro groups is 1. The number of nitrogens with two attached hydrogens (primary N) is 2. The molecule has 0 aliphatic heterocycles. The summed E-state index contributed by atoms with van der Waals surface area (Å²) in [5.41, 5.74) is 10.3. The average Bonchev–Trinajstić information content (AvgIpc) is 2.63. The van der Waals surface area contributed by atoms with Crippen LogP contribution >= 0.6 is 0 Å². The van der Waals surface area contributed by atoms with Crippen LogP contribution in [0.15, 0.2) is 4.63 Å². The van der Waals surface area contributed by atoms with Crippen molar-refractivity contribution in [2.45, 2.75) is 0 Å². The predicted octanol–water partition coefficient (Wildman–Crippen LogP) is -1.01. The van der Waals surface area contributed by atoms with Gasteiger partial charge >= 0.3 is 5.82 Å². The molecular formula is C5H4N8O3. The Morgan fingerprint density at radius 2 is 1.75 bits per heavy atom. The van der Waals surface area contributed by atoms with E-state index in [9.17, 15) is 10.1 Å². The lowest BCUT2D eigenvalue weighted by atomic mass is 10.4. The third-order valence-electron chi connectivity index (χ3n) is 1.53. The van der Waals surface area contributed by atoms with Gasteiger partial charge in [0.05, 0.1) is 0 Å². The molecule has 0 radical (unpaired) electrons. The van der Waals surface area contributed by atoms with Crippen molar-refractivity contribution >= 4 is 17.7 Å². The Balaban J connectivity index is 2.58. The number of hydrogen-bond acceptors (Lipinski definition) is 10. The van der Waals surface area contributed by atoms with E-state index in [1.165, 1.54) is 0 Å². The van der Waals surface area contributed by atoms with Gasteiger partial charge in [-0.05, 0) is 10.1 Å². The molecule has 0 amide bonds. The first-order valence-electron chi connectivity index (χ1n) is 3.82. The number of rotatable bonds is 2. The normalized spacial score (nSPS) is 10.2. The molecule has 0 aliphatic rings. The molecule has 4 N–H and O–H groups in total. The van der Waals surface area contributed by atoms with Crippen LogP contribution in [0.3, 0.4) is 0 Å². The van der Waals surface area contributed by atoms with Crippen molar-refractivity contribution in [2.75, 3.05) is 11.5 Å². The van der Waals surface area contributed by atoms with Crippen LogP contribution in [0.2, 0.25) is 0 Å². The Bertz CT molecular complexity index is 530. The third-order valence-corrected chi connectivity index (χ3v) is 1.53. The molecule has 0 bridgehead atoms. The molecule has 0 fully saturated rings. The minimum atomic E-state index is -0.790. The molecule has 0 aliphatic carbocycles. The molecule has 0 aromatic carbocycles. The van der Waals surface area contributed by atoms with Crippen LogP contribution in [-0.4, -0.2) is 30.2 Å². The summed E-state index contributed by atoms with van der Waals surface area (Å²) in [6.45, 7) is 0. The van der Waals surface area contributed by atoms with Gasteiger partial charge in [0.25, 0.3) is 5.69 Å². The minimum absolute atomic E-state index is 0.169. The van der Waals surface area contributed by atoms with Gasteiger partial charge in [-0.25, -0.2) is 0 Å². The highest BCUT2D eigenvalue weighted by Gasteiger charge is 2.26. The average molecular weight is 224 g/mol. The Morgan fingerprint density at radius 3 is 2.31 bits per heavy atom. The van der Waals surface area contributed by atoms with E-state index in [4.69, 9.17) is 11.5 Å². The van der Waals surface area contributed by atoms with E-state index in [0.717, 1.165) is 0 Å². The number of nitrogens with zero attached hydrogens (tertiary/aromatic N) is 6. The maximum atomic E-state index is 10.5. The zero-order chi connectivity index (χ0) is 11.7. The lowest BCUT2D eigenvalue weighted by Crippen LogP contribution is -2.05. The second kappa shape index (κ2) is 3.38. The van der Waals surface area contributed by atoms with Crippen molar-refractivity contribution in [2.24, 2.45) is 0 Å². The summed E-state index contributed by atoms with van der Waals surface area (Å²) >= 11 is 0. The topological polar surface area (TPSA) is 173 Å². The van der Waals surface area contributed by atoms with E-state index in [-0.39, 0.29) is 23.4 Å². The number of anilines is 2. The first kappa shape index (κ1) is 9.70. The number of nitrogen functional groups attached to an aromatic ring is 2. The summed E-state index contributed by atoms with van der Waals surface area (Å²) in [5.74, 6) is -1.15. The lowest BCUT2D eigenvalue weighted by molar-refractivity contribution is -0.390. The van der Waals surface area contributed by atoms with Crippen LogP contribution < -0.4 is 11.5 Å². The minimum Gasteiger partial charge on any atom is -0.368 e. The van der Waals surface area contributed by atoms with Gasteiger partial charge in [-0.3, -0.25) is 0 Å². The molecule has 2 heterocycles. The molecule has 0 unspecified atom stereocenters. The molecule has 0 saturated carbocycles. The van der Waals surface area contributed by atoms with Crippen molar-refractivity contribution in [1.82, 2.24) is 25.3 Å². The molecule has 0 atom stereocenters. The van der Waals surface area contributed by atoms with Gasteiger partial charge in [0.2, 0.25) is 11.9 Å². The SMILES string of the molecule is Nc1nc(N)nc(-c2nonc2[N+](=O)[O-])n1. The summed E-state index contributed by atoms with van der Waals surface area (Å²) in [6, 6.07) is 0. The van der Waals surface area contributed by atoms with Gasteiger partial charge in [0.15, 0.2) is 11.0 Å². The van der Waals surface area contributed by atoms with Gasteiger partial charge < -0.3 is 21.6 Å². The molecule has 2 aromatic heterocycles. The van der Waals surface area contributed by atoms with Crippen LogP contribution in [0.4, 0.5) is 17.7 Å². The zero-order valence-electron chi connectivity index (χ0n) is 7.56. The van der Waals surface area contributed by atoms with E-state index < -0.39 is 10.7 Å². The molecule has 0 spiro atoms. The van der Waals surface area contributed by atoms with Crippen molar-refractivity contribution in [1.29, 1.82) is 0 Å². The van der Waals surface area contributed by atoms with Gasteiger partial charge in [-0.2, -0.15) is 15.0 Å². The predicted molar refractivity (Wildman–Crippen MR) is 48.6 cm³/mol.